The fourth-order valence-corrected chi connectivity index (χ4v) is 2.53. The molecule has 0 radical (unpaired) electrons. The number of halogens is 4. The number of hydrogen-bond donors (Lipinski definition) is 0. The van der Waals surface area contributed by atoms with Crippen molar-refractivity contribution in [3.63, 3.8) is 0 Å². The minimum Gasteiger partial charge on any atom is -0.455 e. The van der Waals surface area contributed by atoms with Gasteiger partial charge in [-0.15, -0.1) is 0 Å². The van der Waals surface area contributed by atoms with E-state index in [0.717, 1.165) is 16.6 Å². The van der Waals surface area contributed by atoms with E-state index in [-0.39, 0.29) is 0 Å². The first kappa shape index (κ1) is 15.0. The summed E-state index contributed by atoms with van der Waals surface area (Å²) in [6, 6.07) is 9.13. The molecule has 1 nitrogen and oxygen atoms in total. The first-order valence-corrected chi connectivity index (χ1v) is 7.74. The summed E-state index contributed by atoms with van der Waals surface area (Å²) in [6.07, 6.45) is 0. The molecule has 0 amide bonds. The maximum atomic E-state index is 6.09. The highest BCUT2D eigenvalue weighted by atomic mass is 79.9. The second kappa shape index (κ2) is 6.36. The molecule has 2 aromatic carbocycles. The minimum absolute atomic E-state index is 0.408. The van der Waals surface area contributed by atoms with Crippen molar-refractivity contribution in [3.05, 3.63) is 56.5 Å². The fourth-order valence-electron chi connectivity index (χ4n) is 1.61. The van der Waals surface area contributed by atoms with Crippen molar-refractivity contribution in [2.24, 2.45) is 0 Å². The number of alkyl halides is 1. The summed E-state index contributed by atoms with van der Waals surface area (Å²) in [5.41, 5.74) is 2.21. The van der Waals surface area contributed by atoms with Crippen LogP contribution in [0.4, 0.5) is 0 Å². The van der Waals surface area contributed by atoms with Gasteiger partial charge in [0.2, 0.25) is 0 Å². The van der Waals surface area contributed by atoms with Crippen molar-refractivity contribution in [2.45, 2.75) is 12.3 Å². The molecule has 0 unspecified atom stereocenters. The van der Waals surface area contributed by atoms with E-state index in [4.69, 9.17) is 39.5 Å². The Balaban J connectivity index is 2.33. The topological polar surface area (TPSA) is 9.23 Å². The smallest absolute Gasteiger partial charge is 0.147 e. The third kappa shape index (κ3) is 3.57. The first-order chi connectivity index (χ1) is 9.01. The van der Waals surface area contributed by atoms with Crippen LogP contribution in [0.3, 0.4) is 0 Å². The largest absolute Gasteiger partial charge is 0.455 e. The van der Waals surface area contributed by atoms with Crippen molar-refractivity contribution in [1.29, 1.82) is 0 Å². The van der Waals surface area contributed by atoms with Gasteiger partial charge in [-0.25, -0.2) is 0 Å². The maximum absolute atomic E-state index is 6.09. The van der Waals surface area contributed by atoms with Crippen LogP contribution in [0.1, 0.15) is 11.1 Å². The molecule has 0 saturated heterocycles. The summed E-state index contributed by atoms with van der Waals surface area (Å²) in [5.74, 6) is 1.23. The van der Waals surface area contributed by atoms with E-state index >= 15 is 0 Å². The molecule has 0 aliphatic heterocycles. The molecule has 5 heteroatoms. The quantitative estimate of drug-likeness (QED) is 0.428. The number of benzene rings is 2. The maximum Gasteiger partial charge on any atom is 0.147 e. The lowest BCUT2D eigenvalue weighted by atomic mass is 10.1. The van der Waals surface area contributed by atoms with Gasteiger partial charge in [-0.3, -0.25) is 0 Å². The van der Waals surface area contributed by atoms with Gasteiger partial charge < -0.3 is 4.74 Å². The van der Waals surface area contributed by atoms with Gasteiger partial charge in [-0.05, 0) is 30.2 Å². The number of ether oxygens (including phenoxy) is 1. The highest BCUT2D eigenvalue weighted by molar-refractivity contribution is 9.08. The molecule has 0 fully saturated rings. The summed E-state index contributed by atoms with van der Waals surface area (Å²) in [5, 5.41) is 2.06. The monoisotopic (exact) mass is 378 g/mol. The van der Waals surface area contributed by atoms with E-state index in [9.17, 15) is 0 Å². The minimum atomic E-state index is 0.408. The van der Waals surface area contributed by atoms with Crippen LogP contribution in [0, 0.1) is 6.92 Å². The van der Waals surface area contributed by atoms with Crippen molar-refractivity contribution < 1.29 is 4.74 Å². The van der Waals surface area contributed by atoms with E-state index < -0.39 is 0 Å². The van der Waals surface area contributed by atoms with Crippen molar-refractivity contribution >= 4 is 50.7 Å². The summed E-state index contributed by atoms with van der Waals surface area (Å²) in [7, 11) is 0. The molecule has 0 bridgehead atoms. The summed E-state index contributed by atoms with van der Waals surface area (Å²) < 4.78 is 5.78. The van der Waals surface area contributed by atoms with Gasteiger partial charge in [-0.1, -0.05) is 62.9 Å². The van der Waals surface area contributed by atoms with Crippen LogP contribution in [-0.4, -0.2) is 0 Å². The highest BCUT2D eigenvalue weighted by Gasteiger charge is 2.09. The predicted molar refractivity (Wildman–Crippen MR) is 85.4 cm³/mol. The lowest BCUT2D eigenvalue weighted by Gasteiger charge is -2.12. The third-order valence-electron chi connectivity index (χ3n) is 2.59. The molecule has 2 aromatic rings. The Morgan fingerprint density at radius 1 is 0.947 bits per heavy atom. The fraction of sp³-hybridized carbons (Fsp3) is 0.143. The van der Waals surface area contributed by atoms with Crippen molar-refractivity contribution in [3.8, 4) is 11.5 Å². The molecule has 0 heterocycles. The average Bonchev–Trinajstić information content (AvgIpc) is 2.38. The molecule has 2 rings (SSSR count). The second-order valence-electron chi connectivity index (χ2n) is 4.03. The van der Waals surface area contributed by atoms with Crippen LogP contribution in [0.2, 0.25) is 15.1 Å². The zero-order valence-electron chi connectivity index (χ0n) is 10.0. The molecule has 0 spiro atoms. The van der Waals surface area contributed by atoms with E-state index in [1.807, 2.05) is 19.1 Å². The van der Waals surface area contributed by atoms with Crippen LogP contribution < -0.4 is 4.74 Å². The van der Waals surface area contributed by atoms with Crippen LogP contribution in [-0.2, 0) is 5.33 Å². The van der Waals surface area contributed by atoms with Crippen LogP contribution in [0.25, 0.3) is 0 Å². The van der Waals surface area contributed by atoms with E-state index in [2.05, 4.69) is 22.0 Å². The summed E-state index contributed by atoms with van der Waals surface area (Å²) in [6.45, 7) is 1.98. The average molecular weight is 380 g/mol. The van der Waals surface area contributed by atoms with Gasteiger partial charge in [0.25, 0.3) is 0 Å². The third-order valence-corrected chi connectivity index (χ3v) is 4.25. The molecule has 0 N–H and O–H groups in total. The van der Waals surface area contributed by atoms with Crippen LogP contribution in [0.15, 0.2) is 30.3 Å². The number of aryl methyl sites for hydroxylation is 1. The van der Waals surface area contributed by atoms with E-state index in [1.165, 1.54) is 5.56 Å². The second-order valence-corrected chi connectivity index (χ2v) is 5.81. The Bertz CT molecular complexity index is 614. The standard InChI is InChI=1S/C14H10BrCl3O/c1-8-4-9(7-15)2-3-13(8)19-14-6-11(17)10(16)5-12(14)18/h2-6H,7H2,1H3. The Labute approximate surface area is 135 Å². The Kier molecular flexibility index (Phi) is 5.02. The molecule has 0 saturated carbocycles. The molecular weight excluding hydrogens is 370 g/mol. The molecule has 0 atom stereocenters. The van der Waals surface area contributed by atoms with Gasteiger partial charge in [0.05, 0.1) is 15.1 Å². The van der Waals surface area contributed by atoms with Crippen molar-refractivity contribution in [1.82, 2.24) is 0 Å². The first-order valence-electron chi connectivity index (χ1n) is 5.49. The predicted octanol–water partition coefficient (Wildman–Crippen LogP) is 6.64. The number of hydrogen-bond acceptors (Lipinski definition) is 1. The molecule has 100 valence electrons. The van der Waals surface area contributed by atoms with Gasteiger partial charge in [0, 0.05) is 11.4 Å². The zero-order chi connectivity index (χ0) is 14.0. The van der Waals surface area contributed by atoms with Gasteiger partial charge in [0.15, 0.2) is 0 Å². The molecule has 0 aliphatic carbocycles. The van der Waals surface area contributed by atoms with Crippen molar-refractivity contribution in [2.75, 3.05) is 0 Å². The van der Waals surface area contributed by atoms with E-state index in [0.29, 0.717) is 20.8 Å². The molecular formula is C14H10BrCl3O. The van der Waals surface area contributed by atoms with Crippen LogP contribution in [0.5, 0.6) is 11.5 Å². The molecule has 0 aromatic heterocycles. The summed E-state index contributed by atoms with van der Waals surface area (Å²) in [4.78, 5) is 0. The zero-order valence-corrected chi connectivity index (χ0v) is 13.9. The highest BCUT2D eigenvalue weighted by Crippen LogP contribution is 2.37. The van der Waals surface area contributed by atoms with Crippen LogP contribution >= 0.6 is 50.7 Å². The van der Waals surface area contributed by atoms with E-state index in [1.54, 1.807) is 12.1 Å². The number of rotatable bonds is 3. The Morgan fingerprint density at radius 3 is 2.26 bits per heavy atom. The van der Waals surface area contributed by atoms with Gasteiger partial charge >= 0.3 is 0 Å². The normalized spacial score (nSPS) is 10.6. The Morgan fingerprint density at radius 2 is 1.63 bits per heavy atom. The lowest BCUT2D eigenvalue weighted by molar-refractivity contribution is 0.479. The SMILES string of the molecule is Cc1cc(CBr)ccc1Oc1cc(Cl)c(Cl)cc1Cl. The van der Waals surface area contributed by atoms with Gasteiger partial charge in [0.1, 0.15) is 11.5 Å². The van der Waals surface area contributed by atoms with Gasteiger partial charge in [-0.2, -0.15) is 0 Å². The summed E-state index contributed by atoms with van der Waals surface area (Å²) >= 11 is 21.4. The Hall–Kier alpha value is -0.410. The lowest BCUT2D eigenvalue weighted by Crippen LogP contribution is -1.90. The molecule has 19 heavy (non-hydrogen) atoms. The molecule has 0 aliphatic rings.